The van der Waals surface area contributed by atoms with Gasteiger partial charge >= 0.3 is 18.3 Å². The van der Waals surface area contributed by atoms with E-state index in [4.69, 9.17) is 4.42 Å². The molecule has 0 N–H and O–H groups in total. The number of halogens is 6. The molecule has 26 heavy (non-hydrogen) atoms. The van der Waals surface area contributed by atoms with Gasteiger partial charge in [0.1, 0.15) is 5.76 Å². The van der Waals surface area contributed by atoms with Gasteiger partial charge in [-0.1, -0.05) is 0 Å². The SMILES string of the molecule is COC(=O)c1nc(-c2cc(C(F)(F)F)cc(C(F)(F)F)c2)oc1C1CC1. The van der Waals surface area contributed by atoms with E-state index in [9.17, 15) is 31.1 Å². The molecular formula is C16H11F6NO3. The third kappa shape index (κ3) is 3.54. The number of carbonyl (C=O) groups is 1. The Balaban J connectivity index is 2.15. The minimum atomic E-state index is -4.99. The minimum absolute atomic E-state index is 0.00938. The van der Waals surface area contributed by atoms with Crippen molar-refractivity contribution in [2.24, 2.45) is 0 Å². The van der Waals surface area contributed by atoms with Gasteiger partial charge in [0, 0.05) is 11.5 Å². The Morgan fingerprint density at radius 3 is 2.04 bits per heavy atom. The predicted octanol–water partition coefficient (Wildman–Crippen LogP) is 5.04. The van der Waals surface area contributed by atoms with Crippen molar-refractivity contribution in [1.29, 1.82) is 0 Å². The Morgan fingerprint density at radius 1 is 1.08 bits per heavy atom. The van der Waals surface area contributed by atoms with Crippen molar-refractivity contribution in [3.05, 3.63) is 40.8 Å². The number of ether oxygens (including phenoxy) is 1. The van der Waals surface area contributed by atoms with Crippen molar-refractivity contribution in [3.8, 4) is 11.5 Å². The highest BCUT2D eigenvalue weighted by molar-refractivity contribution is 5.89. The van der Waals surface area contributed by atoms with E-state index in [1.54, 1.807) is 0 Å². The van der Waals surface area contributed by atoms with E-state index in [-0.39, 0.29) is 23.4 Å². The second-order valence-corrected chi connectivity index (χ2v) is 5.79. The first-order valence-electron chi connectivity index (χ1n) is 7.39. The number of aromatic nitrogens is 1. The summed E-state index contributed by atoms with van der Waals surface area (Å²) in [5.74, 6) is -1.41. The van der Waals surface area contributed by atoms with Gasteiger partial charge in [0.15, 0.2) is 5.69 Å². The minimum Gasteiger partial charge on any atom is -0.464 e. The summed E-state index contributed by atoms with van der Waals surface area (Å²) < 4.78 is 87.7. The van der Waals surface area contributed by atoms with Crippen LogP contribution in [0.2, 0.25) is 0 Å². The van der Waals surface area contributed by atoms with Crippen LogP contribution < -0.4 is 0 Å². The second-order valence-electron chi connectivity index (χ2n) is 5.79. The summed E-state index contributed by atoms with van der Waals surface area (Å²) in [6.45, 7) is 0. The maximum absolute atomic E-state index is 13.0. The van der Waals surface area contributed by atoms with Crippen LogP contribution in [0.4, 0.5) is 26.3 Å². The van der Waals surface area contributed by atoms with Crippen molar-refractivity contribution in [2.75, 3.05) is 7.11 Å². The Morgan fingerprint density at radius 2 is 1.62 bits per heavy atom. The number of hydrogen-bond acceptors (Lipinski definition) is 4. The first-order valence-corrected chi connectivity index (χ1v) is 7.39. The van der Waals surface area contributed by atoms with E-state index >= 15 is 0 Å². The summed E-state index contributed by atoms with van der Waals surface area (Å²) in [7, 11) is 1.08. The zero-order valence-corrected chi connectivity index (χ0v) is 13.2. The first kappa shape index (κ1) is 18.3. The van der Waals surface area contributed by atoms with Crippen LogP contribution in [0.1, 0.15) is 46.1 Å². The molecule has 1 aromatic carbocycles. The summed E-state index contributed by atoms with van der Waals surface area (Å²) >= 11 is 0. The third-order valence-corrected chi connectivity index (χ3v) is 3.81. The molecule has 0 bridgehead atoms. The molecule has 1 saturated carbocycles. The number of benzene rings is 1. The third-order valence-electron chi connectivity index (χ3n) is 3.81. The Kier molecular flexibility index (Phi) is 4.24. The Hall–Kier alpha value is -2.52. The summed E-state index contributed by atoms with van der Waals surface area (Å²) in [6, 6.07) is 1.01. The molecule has 2 aromatic rings. The van der Waals surface area contributed by atoms with Gasteiger partial charge in [0.25, 0.3) is 0 Å². The molecule has 0 unspecified atom stereocenters. The zero-order valence-electron chi connectivity index (χ0n) is 13.2. The topological polar surface area (TPSA) is 52.3 Å². The number of nitrogens with zero attached hydrogens (tertiary/aromatic N) is 1. The molecule has 1 aromatic heterocycles. The number of rotatable bonds is 3. The highest BCUT2D eigenvalue weighted by atomic mass is 19.4. The molecule has 0 aliphatic heterocycles. The summed E-state index contributed by atoms with van der Waals surface area (Å²) in [5.41, 5.74) is -3.75. The lowest BCUT2D eigenvalue weighted by Gasteiger charge is -2.13. The number of hydrogen-bond donors (Lipinski definition) is 0. The van der Waals surface area contributed by atoms with Crippen LogP contribution in [0, 0.1) is 0 Å². The van der Waals surface area contributed by atoms with Crippen LogP contribution in [-0.2, 0) is 17.1 Å². The molecule has 1 aliphatic carbocycles. The predicted molar refractivity (Wildman–Crippen MR) is 75.3 cm³/mol. The number of esters is 1. The zero-order chi connectivity index (χ0) is 19.3. The molecule has 140 valence electrons. The standard InChI is InChI=1S/C16H11F6NO3/c1-25-14(24)11-12(7-2-3-7)26-13(23-11)8-4-9(15(17,18)19)6-10(5-8)16(20,21)22/h4-7H,2-3H2,1H3. The first-order chi connectivity index (χ1) is 12.0. The smallest absolute Gasteiger partial charge is 0.416 e. The lowest BCUT2D eigenvalue weighted by atomic mass is 10.0. The molecule has 0 radical (unpaired) electrons. The average Bonchev–Trinajstić information content (AvgIpc) is 3.30. The maximum atomic E-state index is 13.0. The van der Waals surface area contributed by atoms with Crippen molar-refractivity contribution >= 4 is 5.97 Å². The quantitative estimate of drug-likeness (QED) is 0.554. The van der Waals surface area contributed by atoms with Gasteiger partial charge in [-0.05, 0) is 31.0 Å². The van der Waals surface area contributed by atoms with Gasteiger partial charge in [-0.15, -0.1) is 0 Å². The van der Waals surface area contributed by atoms with E-state index < -0.39 is 40.9 Å². The molecule has 10 heteroatoms. The summed E-state index contributed by atoms with van der Waals surface area (Å²) in [5, 5.41) is 0. The van der Waals surface area contributed by atoms with Gasteiger partial charge in [-0.2, -0.15) is 26.3 Å². The van der Waals surface area contributed by atoms with Crippen molar-refractivity contribution < 1.29 is 40.3 Å². The highest BCUT2D eigenvalue weighted by Crippen LogP contribution is 2.44. The Bertz CT molecular complexity index is 816. The van der Waals surface area contributed by atoms with Crippen molar-refractivity contribution in [3.63, 3.8) is 0 Å². The molecule has 0 saturated heterocycles. The van der Waals surface area contributed by atoms with E-state index in [1.807, 2.05) is 0 Å². The molecule has 1 heterocycles. The maximum Gasteiger partial charge on any atom is 0.416 e. The highest BCUT2D eigenvalue weighted by Gasteiger charge is 2.39. The van der Waals surface area contributed by atoms with Crippen LogP contribution in [-0.4, -0.2) is 18.1 Å². The van der Waals surface area contributed by atoms with Crippen LogP contribution in [0.3, 0.4) is 0 Å². The van der Waals surface area contributed by atoms with Crippen LogP contribution in [0.5, 0.6) is 0 Å². The van der Waals surface area contributed by atoms with Gasteiger partial charge < -0.3 is 9.15 Å². The van der Waals surface area contributed by atoms with Crippen LogP contribution >= 0.6 is 0 Å². The van der Waals surface area contributed by atoms with Crippen LogP contribution in [0.25, 0.3) is 11.5 Å². The molecule has 3 rings (SSSR count). The van der Waals surface area contributed by atoms with Gasteiger partial charge in [-0.3, -0.25) is 0 Å². The summed E-state index contributed by atoms with van der Waals surface area (Å²) in [6.07, 6.45) is -8.63. The Labute approximate surface area is 142 Å². The summed E-state index contributed by atoms with van der Waals surface area (Å²) in [4.78, 5) is 15.5. The van der Waals surface area contributed by atoms with E-state index in [1.165, 1.54) is 0 Å². The molecule has 0 amide bonds. The molecule has 1 fully saturated rings. The van der Waals surface area contributed by atoms with Crippen molar-refractivity contribution in [1.82, 2.24) is 4.98 Å². The fourth-order valence-corrected chi connectivity index (χ4v) is 2.40. The normalized spacial score (nSPS) is 15.2. The number of methoxy groups -OCH3 is 1. The van der Waals surface area contributed by atoms with Gasteiger partial charge in [0.05, 0.1) is 18.2 Å². The molecule has 0 atom stereocenters. The molecular weight excluding hydrogens is 368 g/mol. The van der Waals surface area contributed by atoms with Gasteiger partial charge in [0.2, 0.25) is 5.89 Å². The number of alkyl halides is 6. The van der Waals surface area contributed by atoms with Gasteiger partial charge in [-0.25, -0.2) is 9.78 Å². The lowest BCUT2D eigenvalue weighted by molar-refractivity contribution is -0.143. The van der Waals surface area contributed by atoms with Crippen molar-refractivity contribution in [2.45, 2.75) is 31.1 Å². The fraction of sp³-hybridized carbons (Fsp3) is 0.375. The lowest BCUT2D eigenvalue weighted by Crippen LogP contribution is -2.11. The molecule has 0 spiro atoms. The van der Waals surface area contributed by atoms with Crippen LogP contribution in [0.15, 0.2) is 22.6 Å². The molecule has 1 aliphatic rings. The number of oxazole rings is 1. The monoisotopic (exact) mass is 379 g/mol. The van der Waals surface area contributed by atoms with E-state index in [2.05, 4.69) is 9.72 Å². The average molecular weight is 379 g/mol. The number of carbonyl (C=O) groups excluding carboxylic acids is 1. The van der Waals surface area contributed by atoms with E-state index in [0.29, 0.717) is 25.0 Å². The largest absolute Gasteiger partial charge is 0.464 e. The second kappa shape index (κ2) is 6.03. The van der Waals surface area contributed by atoms with E-state index in [0.717, 1.165) is 7.11 Å². The fourth-order valence-electron chi connectivity index (χ4n) is 2.40. The molecule has 4 nitrogen and oxygen atoms in total.